The molecule has 86 valence electrons. The number of benzene rings is 1. The molecule has 1 heteroatoms. The highest BCUT2D eigenvalue weighted by Crippen LogP contribution is 2.43. The fourth-order valence-electron chi connectivity index (χ4n) is 3.54. The van der Waals surface area contributed by atoms with Gasteiger partial charge in [-0.1, -0.05) is 44.4 Å². The van der Waals surface area contributed by atoms with Crippen molar-refractivity contribution in [2.75, 3.05) is 5.32 Å². The second-order valence-electron chi connectivity index (χ2n) is 5.60. The molecule has 0 bridgehead atoms. The SMILES string of the molecule is CC1Cc2ccccc2NC12CCCCC2. The Morgan fingerprint density at radius 2 is 1.88 bits per heavy atom. The van der Waals surface area contributed by atoms with Gasteiger partial charge in [0.2, 0.25) is 0 Å². The second kappa shape index (κ2) is 3.80. The third-order valence-electron chi connectivity index (χ3n) is 4.62. The van der Waals surface area contributed by atoms with Gasteiger partial charge in [0.05, 0.1) is 0 Å². The Morgan fingerprint density at radius 1 is 1.12 bits per heavy atom. The summed E-state index contributed by atoms with van der Waals surface area (Å²) < 4.78 is 0. The Balaban J connectivity index is 1.93. The lowest BCUT2D eigenvalue weighted by Crippen LogP contribution is -2.49. The van der Waals surface area contributed by atoms with E-state index in [1.54, 1.807) is 0 Å². The van der Waals surface area contributed by atoms with Crippen LogP contribution in [0.4, 0.5) is 5.69 Å². The van der Waals surface area contributed by atoms with Crippen LogP contribution in [-0.4, -0.2) is 5.54 Å². The van der Waals surface area contributed by atoms with Gasteiger partial charge in [-0.15, -0.1) is 0 Å². The molecule has 1 fully saturated rings. The van der Waals surface area contributed by atoms with Gasteiger partial charge in [-0.2, -0.15) is 0 Å². The largest absolute Gasteiger partial charge is 0.379 e. The summed E-state index contributed by atoms with van der Waals surface area (Å²) in [5.74, 6) is 0.780. The first kappa shape index (κ1) is 10.2. The molecule has 1 nitrogen and oxygen atoms in total. The van der Waals surface area contributed by atoms with E-state index in [0.717, 1.165) is 5.92 Å². The monoisotopic (exact) mass is 215 g/mol. The molecule has 16 heavy (non-hydrogen) atoms. The molecule has 1 spiro atoms. The number of anilines is 1. The molecular formula is C15H21N. The van der Waals surface area contributed by atoms with Crippen molar-refractivity contribution in [3.63, 3.8) is 0 Å². The summed E-state index contributed by atoms with van der Waals surface area (Å²) in [4.78, 5) is 0. The quantitative estimate of drug-likeness (QED) is 0.690. The highest BCUT2D eigenvalue weighted by atomic mass is 15.0. The topological polar surface area (TPSA) is 12.0 Å². The number of hydrogen-bond acceptors (Lipinski definition) is 1. The van der Waals surface area contributed by atoms with E-state index in [4.69, 9.17) is 0 Å². The average Bonchev–Trinajstić information content (AvgIpc) is 2.32. The lowest BCUT2D eigenvalue weighted by Gasteiger charge is -2.47. The van der Waals surface area contributed by atoms with Gasteiger partial charge in [0.25, 0.3) is 0 Å². The van der Waals surface area contributed by atoms with Crippen molar-refractivity contribution in [3.8, 4) is 0 Å². The second-order valence-corrected chi connectivity index (χ2v) is 5.60. The number of hydrogen-bond donors (Lipinski definition) is 1. The van der Waals surface area contributed by atoms with Crippen LogP contribution in [0, 0.1) is 5.92 Å². The maximum atomic E-state index is 3.86. The zero-order chi connectivity index (χ0) is 11.0. The van der Waals surface area contributed by atoms with Gasteiger partial charge >= 0.3 is 0 Å². The third-order valence-corrected chi connectivity index (χ3v) is 4.62. The Labute approximate surface area is 98.3 Å². The molecule has 1 aliphatic carbocycles. The molecule has 1 aromatic rings. The van der Waals surface area contributed by atoms with Crippen molar-refractivity contribution in [1.29, 1.82) is 0 Å². The molecule has 0 radical (unpaired) electrons. The number of rotatable bonds is 0. The molecule has 2 aliphatic rings. The normalized spacial score (nSPS) is 27.2. The number of nitrogens with one attached hydrogen (secondary N) is 1. The van der Waals surface area contributed by atoms with Crippen molar-refractivity contribution < 1.29 is 0 Å². The summed E-state index contributed by atoms with van der Waals surface area (Å²) in [7, 11) is 0. The van der Waals surface area contributed by atoms with Crippen molar-refractivity contribution in [3.05, 3.63) is 29.8 Å². The summed E-state index contributed by atoms with van der Waals surface area (Å²) in [6.45, 7) is 2.42. The number of fused-ring (bicyclic) bond motifs is 1. The summed E-state index contributed by atoms with van der Waals surface area (Å²) >= 11 is 0. The zero-order valence-electron chi connectivity index (χ0n) is 10.1. The first-order valence-corrected chi connectivity index (χ1v) is 6.66. The van der Waals surface area contributed by atoms with Crippen LogP contribution < -0.4 is 5.32 Å². The summed E-state index contributed by atoms with van der Waals surface area (Å²) in [5, 5.41) is 3.86. The minimum atomic E-state index is 0.409. The lowest BCUT2D eigenvalue weighted by atomic mass is 9.69. The molecular weight excluding hydrogens is 194 g/mol. The highest BCUT2D eigenvalue weighted by Gasteiger charge is 2.40. The minimum Gasteiger partial charge on any atom is -0.379 e. The van der Waals surface area contributed by atoms with Crippen LogP contribution in [0.3, 0.4) is 0 Å². The highest BCUT2D eigenvalue weighted by molar-refractivity contribution is 5.56. The van der Waals surface area contributed by atoms with Crippen LogP contribution >= 0.6 is 0 Å². The molecule has 1 N–H and O–H groups in total. The Kier molecular flexibility index (Phi) is 2.42. The van der Waals surface area contributed by atoms with Crippen LogP contribution in [0.25, 0.3) is 0 Å². The average molecular weight is 215 g/mol. The van der Waals surface area contributed by atoms with E-state index in [2.05, 4.69) is 36.5 Å². The first-order chi connectivity index (χ1) is 7.80. The predicted octanol–water partition coefficient (Wildman–Crippen LogP) is 3.99. The van der Waals surface area contributed by atoms with E-state index >= 15 is 0 Å². The van der Waals surface area contributed by atoms with Crippen LogP contribution in [0.2, 0.25) is 0 Å². The van der Waals surface area contributed by atoms with E-state index in [9.17, 15) is 0 Å². The molecule has 1 saturated carbocycles. The Bertz CT molecular complexity index is 377. The molecule has 1 unspecified atom stereocenters. The number of para-hydroxylation sites is 1. The van der Waals surface area contributed by atoms with Gasteiger partial charge in [0, 0.05) is 11.2 Å². The van der Waals surface area contributed by atoms with Gasteiger partial charge in [0.15, 0.2) is 0 Å². The van der Waals surface area contributed by atoms with Crippen molar-refractivity contribution in [1.82, 2.24) is 0 Å². The van der Waals surface area contributed by atoms with Crippen molar-refractivity contribution in [2.24, 2.45) is 5.92 Å². The van der Waals surface area contributed by atoms with E-state index in [-0.39, 0.29) is 0 Å². The van der Waals surface area contributed by atoms with E-state index in [1.807, 2.05) is 0 Å². The lowest BCUT2D eigenvalue weighted by molar-refractivity contribution is 0.225. The van der Waals surface area contributed by atoms with Crippen LogP contribution in [0.15, 0.2) is 24.3 Å². The first-order valence-electron chi connectivity index (χ1n) is 6.66. The standard InChI is InChI=1S/C15H21N/c1-12-11-13-7-3-4-8-14(13)16-15(12)9-5-2-6-10-15/h3-4,7-8,12,16H,2,5-6,9-11H2,1H3. The molecule has 3 rings (SSSR count). The Hall–Kier alpha value is -0.980. The molecule has 0 saturated heterocycles. The van der Waals surface area contributed by atoms with Gasteiger partial charge < -0.3 is 5.32 Å². The molecule has 1 heterocycles. The predicted molar refractivity (Wildman–Crippen MR) is 68.7 cm³/mol. The maximum absolute atomic E-state index is 3.86. The van der Waals surface area contributed by atoms with Crippen LogP contribution in [0.1, 0.15) is 44.6 Å². The molecule has 1 aromatic carbocycles. The zero-order valence-corrected chi connectivity index (χ0v) is 10.1. The fourth-order valence-corrected chi connectivity index (χ4v) is 3.54. The third kappa shape index (κ3) is 1.53. The van der Waals surface area contributed by atoms with Gasteiger partial charge in [-0.25, -0.2) is 0 Å². The summed E-state index contributed by atoms with van der Waals surface area (Å²) in [5.41, 5.74) is 3.31. The van der Waals surface area contributed by atoms with Crippen LogP contribution in [0.5, 0.6) is 0 Å². The van der Waals surface area contributed by atoms with Gasteiger partial charge in [-0.05, 0) is 36.8 Å². The molecule has 0 aromatic heterocycles. The van der Waals surface area contributed by atoms with Gasteiger partial charge in [0.1, 0.15) is 0 Å². The fraction of sp³-hybridized carbons (Fsp3) is 0.600. The van der Waals surface area contributed by atoms with Crippen LogP contribution in [-0.2, 0) is 6.42 Å². The Morgan fingerprint density at radius 3 is 2.69 bits per heavy atom. The van der Waals surface area contributed by atoms with Crippen molar-refractivity contribution >= 4 is 5.69 Å². The molecule has 0 amide bonds. The van der Waals surface area contributed by atoms with E-state index < -0.39 is 0 Å². The maximum Gasteiger partial charge on any atom is 0.0402 e. The van der Waals surface area contributed by atoms with Gasteiger partial charge in [-0.3, -0.25) is 0 Å². The van der Waals surface area contributed by atoms with E-state index in [1.165, 1.54) is 49.8 Å². The molecule has 1 atom stereocenters. The molecule has 1 aliphatic heterocycles. The van der Waals surface area contributed by atoms with Crippen molar-refractivity contribution in [2.45, 2.75) is 51.0 Å². The van der Waals surface area contributed by atoms with E-state index in [0.29, 0.717) is 5.54 Å². The minimum absolute atomic E-state index is 0.409. The summed E-state index contributed by atoms with van der Waals surface area (Å²) in [6, 6.07) is 8.83. The summed E-state index contributed by atoms with van der Waals surface area (Å²) in [6.07, 6.45) is 8.21. The smallest absolute Gasteiger partial charge is 0.0402 e.